The van der Waals surface area contributed by atoms with Crippen molar-refractivity contribution >= 4 is 22.6 Å². The van der Waals surface area contributed by atoms with Gasteiger partial charge in [0.1, 0.15) is 0 Å². The third-order valence-electron chi connectivity index (χ3n) is 13.2. The summed E-state index contributed by atoms with van der Waals surface area (Å²) in [5.74, 6) is 0. The molecule has 0 amide bonds. The molecule has 0 fully saturated rings. The van der Waals surface area contributed by atoms with Crippen molar-refractivity contribution in [1.82, 2.24) is 0 Å². The van der Waals surface area contributed by atoms with Crippen LogP contribution in [0.15, 0.2) is 225 Å². The number of benzene rings is 8. The van der Waals surface area contributed by atoms with Crippen LogP contribution >= 0.6 is 0 Å². The molecule has 286 valence electrons. The van der Waals surface area contributed by atoms with E-state index in [-0.39, 0.29) is 5.41 Å². The van der Waals surface area contributed by atoms with Crippen molar-refractivity contribution in [3.05, 3.63) is 263 Å². The maximum atomic E-state index is 2.51. The van der Waals surface area contributed by atoms with Gasteiger partial charge in [-0.1, -0.05) is 202 Å². The minimum Gasteiger partial charge on any atom is -0.310 e. The second-order valence-electron chi connectivity index (χ2n) is 16.8. The summed E-state index contributed by atoms with van der Waals surface area (Å²) in [5, 5.41) is 0. The Morgan fingerprint density at radius 3 is 1.73 bits per heavy atom. The molecule has 0 unspecified atom stereocenters. The average Bonchev–Trinajstić information content (AvgIpc) is 3.52. The summed E-state index contributed by atoms with van der Waals surface area (Å²) in [6, 6.07) is 72.4. The van der Waals surface area contributed by atoms with E-state index in [0.717, 1.165) is 23.5 Å². The number of fused-ring (bicyclic) bond motifs is 6. The van der Waals surface area contributed by atoms with Crippen molar-refractivity contribution in [2.75, 3.05) is 4.90 Å². The molecule has 0 spiro atoms. The first-order valence-corrected chi connectivity index (χ1v) is 21.2. The number of nitrogens with zero attached hydrogens (tertiary/aromatic N) is 1. The number of anilines is 3. The number of hydrogen-bond acceptors (Lipinski definition) is 1. The highest BCUT2D eigenvalue weighted by Crippen LogP contribution is 2.58. The van der Waals surface area contributed by atoms with Gasteiger partial charge in [0, 0.05) is 22.4 Å². The van der Waals surface area contributed by atoms with E-state index in [2.05, 4.69) is 243 Å². The van der Waals surface area contributed by atoms with E-state index in [0.29, 0.717) is 0 Å². The van der Waals surface area contributed by atoms with Gasteiger partial charge in [0.15, 0.2) is 0 Å². The molecule has 0 radical (unpaired) electrons. The monoisotopic (exact) mass is 767 g/mol. The van der Waals surface area contributed by atoms with E-state index in [1.54, 1.807) is 0 Å². The fourth-order valence-corrected chi connectivity index (χ4v) is 10.4. The minimum absolute atomic E-state index is 0.145. The van der Waals surface area contributed by atoms with Crippen LogP contribution < -0.4 is 4.90 Å². The molecular weight excluding hydrogens is 723 g/mol. The second-order valence-corrected chi connectivity index (χ2v) is 16.8. The quantitative estimate of drug-likeness (QED) is 0.156. The Labute approximate surface area is 354 Å². The second kappa shape index (κ2) is 14.3. The number of rotatable bonds is 7. The van der Waals surface area contributed by atoms with E-state index in [4.69, 9.17) is 0 Å². The molecule has 0 atom stereocenters. The predicted octanol–water partition coefficient (Wildman–Crippen LogP) is 15.4. The standard InChI is InChI=1S/C59H45N/c1-58(2)53-30-18-16-28-48(53)50-35-33-47(40-56(50)58)60(57-37-32-43(41-20-8-3-4-9-21-41)38-51(57)42-22-10-5-11-23-42)46-34-36-55-52(39-46)49-29-17-19-31-54(49)59(55,44-24-12-6-13-25-44)45-26-14-7-15-27-45/h3,5-40H,4H2,1-2H3. The molecule has 0 aliphatic heterocycles. The Kier molecular flexibility index (Phi) is 8.53. The molecule has 3 aliphatic rings. The Balaban J connectivity index is 1.18. The third-order valence-corrected chi connectivity index (χ3v) is 13.2. The Hall–Kier alpha value is -7.22. The molecule has 3 aliphatic carbocycles. The molecule has 0 saturated heterocycles. The minimum atomic E-state index is -0.466. The van der Waals surface area contributed by atoms with E-state index in [1.165, 1.54) is 77.9 Å². The molecule has 0 N–H and O–H groups in total. The highest BCUT2D eigenvalue weighted by atomic mass is 15.1. The zero-order chi connectivity index (χ0) is 40.3. The van der Waals surface area contributed by atoms with Crippen molar-refractivity contribution in [2.45, 2.75) is 31.1 Å². The fraction of sp³-hybridized carbons (Fsp3) is 0.0847. The van der Waals surface area contributed by atoms with Crippen LogP contribution in [0.2, 0.25) is 0 Å². The molecule has 0 aromatic heterocycles. The van der Waals surface area contributed by atoms with Gasteiger partial charge in [-0.2, -0.15) is 0 Å². The van der Waals surface area contributed by atoms with Crippen LogP contribution in [0, 0.1) is 0 Å². The summed E-state index contributed by atoms with van der Waals surface area (Å²) >= 11 is 0. The lowest BCUT2D eigenvalue weighted by molar-refractivity contribution is 0.660. The molecule has 1 nitrogen and oxygen atoms in total. The average molecular weight is 768 g/mol. The Bertz CT molecular complexity index is 2980. The third kappa shape index (κ3) is 5.53. The summed E-state index contributed by atoms with van der Waals surface area (Å²) in [6.07, 6.45) is 12.1. The maximum absolute atomic E-state index is 2.51. The van der Waals surface area contributed by atoms with Gasteiger partial charge >= 0.3 is 0 Å². The molecular formula is C59H45N. The molecule has 0 bridgehead atoms. The topological polar surface area (TPSA) is 3.24 Å². The summed E-state index contributed by atoms with van der Waals surface area (Å²) in [7, 11) is 0. The van der Waals surface area contributed by atoms with Crippen LogP contribution in [0.1, 0.15) is 59.2 Å². The van der Waals surface area contributed by atoms with Crippen LogP contribution in [-0.2, 0) is 10.8 Å². The highest BCUT2D eigenvalue weighted by Gasteiger charge is 2.46. The van der Waals surface area contributed by atoms with Gasteiger partial charge in [-0.05, 0) is 115 Å². The first-order chi connectivity index (χ1) is 29.5. The van der Waals surface area contributed by atoms with E-state index in [1.807, 2.05) is 0 Å². The van der Waals surface area contributed by atoms with E-state index in [9.17, 15) is 0 Å². The lowest BCUT2D eigenvalue weighted by Gasteiger charge is -2.34. The van der Waals surface area contributed by atoms with Crippen molar-refractivity contribution in [3.63, 3.8) is 0 Å². The zero-order valence-electron chi connectivity index (χ0n) is 34.0. The van der Waals surface area contributed by atoms with Gasteiger partial charge in [0.05, 0.1) is 11.1 Å². The Morgan fingerprint density at radius 2 is 1.00 bits per heavy atom. The summed E-state index contributed by atoms with van der Waals surface area (Å²) in [5.41, 5.74) is 20.6. The van der Waals surface area contributed by atoms with Crippen molar-refractivity contribution in [3.8, 4) is 33.4 Å². The van der Waals surface area contributed by atoms with Gasteiger partial charge in [-0.3, -0.25) is 0 Å². The number of allylic oxidation sites excluding steroid dienone is 6. The predicted molar refractivity (Wildman–Crippen MR) is 252 cm³/mol. The van der Waals surface area contributed by atoms with Gasteiger partial charge in [0.25, 0.3) is 0 Å². The van der Waals surface area contributed by atoms with Gasteiger partial charge in [-0.15, -0.1) is 0 Å². The van der Waals surface area contributed by atoms with Gasteiger partial charge in [-0.25, -0.2) is 0 Å². The summed E-state index contributed by atoms with van der Waals surface area (Å²) in [4.78, 5) is 2.51. The van der Waals surface area contributed by atoms with Crippen LogP contribution in [0.25, 0.3) is 39.0 Å². The number of hydrogen-bond donors (Lipinski definition) is 0. The zero-order valence-corrected chi connectivity index (χ0v) is 34.0. The van der Waals surface area contributed by atoms with Crippen LogP contribution in [0.3, 0.4) is 0 Å². The summed E-state index contributed by atoms with van der Waals surface area (Å²) in [6.45, 7) is 4.75. The van der Waals surface area contributed by atoms with Crippen molar-refractivity contribution in [2.24, 2.45) is 0 Å². The molecule has 60 heavy (non-hydrogen) atoms. The summed E-state index contributed by atoms with van der Waals surface area (Å²) < 4.78 is 0. The van der Waals surface area contributed by atoms with Crippen LogP contribution in [-0.4, -0.2) is 0 Å². The smallest absolute Gasteiger partial charge is 0.0713 e. The SMILES string of the molecule is CC1(C)c2ccccc2-c2ccc(N(c3ccc4c(c3)-c3ccccc3C4(c3ccccc3)c3ccccc3)c3ccc(C4=CC=CCC=C4)cc3-c3ccccc3)cc21. The molecule has 0 heterocycles. The van der Waals surface area contributed by atoms with Crippen molar-refractivity contribution < 1.29 is 0 Å². The molecule has 1 heteroatoms. The first kappa shape index (κ1) is 35.9. The first-order valence-electron chi connectivity index (χ1n) is 21.2. The highest BCUT2D eigenvalue weighted by molar-refractivity contribution is 5.95. The normalized spacial score (nSPS) is 15.0. The largest absolute Gasteiger partial charge is 0.310 e. The lowest BCUT2D eigenvalue weighted by Crippen LogP contribution is -2.28. The molecule has 0 saturated carbocycles. The van der Waals surface area contributed by atoms with Gasteiger partial charge in [0.2, 0.25) is 0 Å². The van der Waals surface area contributed by atoms with Crippen LogP contribution in [0.5, 0.6) is 0 Å². The van der Waals surface area contributed by atoms with E-state index < -0.39 is 5.41 Å². The van der Waals surface area contributed by atoms with E-state index >= 15 is 0 Å². The molecule has 8 aromatic rings. The Morgan fingerprint density at radius 1 is 0.417 bits per heavy atom. The lowest BCUT2D eigenvalue weighted by atomic mass is 9.68. The molecule has 11 rings (SSSR count). The maximum Gasteiger partial charge on any atom is 0.0713 e. The van der Waals surface area contributed by atoms with Gasteiger partial charge < -0.3 is 4.90 Å². The molecule has 8 aromatic carbocycles. The fourth-order valence-electron chi connectivity index (χ4n) is 10.4. The van der Waals surface area contributed by atoms with Crippen molar-refractivity contribution in [1.29, 1.82) is 0 Å². The van der Waals surface area contributed by atoms with Crippen LogP contribution in [0.4, 0.5) is 17.1 Å².